The molecule has 0 aliphatic carbocycles. The minimum absolute atomic E-state index is 0.0192. The third kappa shape index (κ3) is 8.42. The molecule has 4 aliphatic rings. The first-order valence-corrected chi connectivity index (χ1v) is 18.6. The van der Waals surface area contributed by atoms with E-state index in [0.717, 1.165) is 45.6 Å². The van der Waals surface area contributed by atoms with Crippen molar-refractivity contribution in [2.24, 2.45) is 11.8 Å². The molecular weight excluding hydrogens is 683 g/mol. The monoisotopic (exact) mass is 730 g/mol. The first kappa shape index (κ1) is 36.6. The summed E-state index contributed by atoms with van der Waals surface area (Å²) < 4.78 is 20.2. The van der Waals surface area contributed by atoms with E-state index in [2.05, 4.69) is 25.3 Å². The Morgan fingerprint density at radius 2 is 1.57 bits per heavy atom. The third-order valence-electron chi connectivity index (χ3n) is 11.2. The van der Waals surface area contributed by atoms with E-state index in [1.165, 1.54) is 6.07 Å². The molecule has 0 spiro atoms. The van der Waals surface area contributed by atoms with Crippen molar-refractivity contribution in [3.05, 3.63) is 75.5 Å². The molecule has 2 aromatic carbocycles. The Morgan fingerprint density at radius 3 is 2.25 bits per heavy atom. The molecule has 4 fully saturated rings. The number of aromatic amines is 1. The number of piperidine rings is 1. The van der Waals surface area contributed by atoms with E-state index in [-0.39, 0.29) is 28.9 Å². The van der Waals surface area contributed by atoms with Crippen LogP contribution in [0.1, 0.15) is 34.5 Å². The van der Waals surface area contributed by atoms with Crippen molar-refractivity contribution >= 4 is 34.9 Å². The van der Waals surface area contributed by atoms with E-state index in [9.17, 15) is 28.4 Å². The highest BCUT2D eigenvalue weighted by molar-refractivity contribution is 5.95. The maximum absolute atomic E-state index is 15.0. The second-order valence-corrected chi connectivity index (χ2v) is 14.6. The van der Waals surface area contributed by atoms with Gasteiger partial charge in [0.15, 0.2) is 0 Å². The second-order valence-electron chi connectivity index (χ2n) is 14.6. The van der Waals surface area contributed by atoms with E-state index in [1.807, 2.05) is 17.0 Å². The molecule has 1 atom stereocenters. The first-order valence-electron chi connectivity index (χ1n) is 18.6. The molecule has 4 amide bonds. The predicted molar refractivity (Wildman–Crippen MR) is 194 cm³/mol. The van der Waals surface area contributed by atoms with Crippen LogP contribution < -0.4 is 10.9 Å². The van der Waals surface area contributed by atoms with Gasteiger partial charge in [-0.3, -0.25) is 33.8 Å². The zero-order valence-electron chi connectivity index (χ0n) is 29.9. The Morgan fingerprint density at radius 1 is 0.887 bits per heavy atom. The number of halogens is 1. The lowest BCUT2D eigenvalue weighted by Gasteiger charge is -2.41. The Bertz CT molecular complexity index is 1860. The summed E-state index contributed by atoms with van der Waals surface area (Å²) in [5, 5.41) is 10.7. The molecule has 1 unspecified atom stereocenters. The van der Waals surface area contributed by atoms with Crippen LogP contribution in [0.2, 0.25) is 0 Å². The molecule has 4 saturated heterocycles. The zero-order chi connectivity index (χ0) is 36.9. The van der Waals surface area contributed by atoms with Crippen LogP contribution in [-0.2, 0) is 25.5 Å². The lowest BCUT2D eigenvalue weighted by atomic mass is 9.95. The summed E-state index contributed by atoms with van der Waals surface area (Å²) in [6, 6.07) is 11.1. The molecule has 5 heterocycles. The number of piperazine rings is 2. The average molecular weight is 731 g/mol. The van der Waals surface area contributed by atoms with Crippen molar-refractivity contribution in [2.75, 3.05) is 91.8 Å². The van der Waals surface area contributed by atoms with Gasteiger partial charge in [0.1, 0.15) is 11.9 Å². The van der Waals surface area contributed by atoms with Gasteiger partial charge in [0.2, 0.25) is 18.2 Å². The summed E-state index contributed by atoms with van der Waals surface area (Å²) in [6.45, 7) is 8.32. The highest BCUT2D eigenvalue weighted by Crippen LogP contribution is 2.23. The van der Waals surface area contributed by atoms with Crippen LogP contribution in [0, 0.1) is 17.7 Å². The molecule has 15 heteroatoms. The van der Waals surface area contributed by atoms with Crippen LogP contribution in [0.3, 0.4) is 0 Å². The number of hydrogen-bond donors (Lipinski definition) is 2. The van der Waals surface area contributed by atoms with Gasteiger partial charge in [0.05, 0.1) is 36.4 Å². The van der Waals surface area contributed by atoms with E-state index in [4.69, 9.17) is 4.74 Å². The number of carbonyl (C=O) groups excluding carboxylic acids is 4. The van der Waals surface area contributed by atoms with Gasteiger partial charge >= 0.3 is 0 Å². The van der Waals surface area contributed by atoms with Crippen molar-refractivity contribution in [1.29, 1.82) is 0 Å². The topological polar surface area (TPSA) is 151 Å². The second kappa shape index (κ2) is 16.5. The number of rotatable bonds is 11. The molecule has 0 saturated carbocycles. The molecule has 0 radical (unpaired) electrons. The number of nitrogens with zero attached hydrogens (tertiary/aromatic N) is 6. The maximum atomic E-state index is 15.0. The lowest BCUT2D eigenvalue weighted by molar-refractivity contribution is -0.144. The zero-order valence-corrected chi connectivity index (χ0v) is 29.9. The van der Waals surface area contributed by atoms with Crippen LogP contribution in [0.25, 0.3) is 10.8 Å². The highest BCUT2D eigenvalue weighted by Gasteiger charge is 2.37. The molecule has 14 nitrogen and oxygen atoms in total. The lowest BCUT2D eigenvalue weighted by Crippen LogP contribution is -2.59. The first-order chi connectivity index (χ1) is 25.8. The number of fused-ring (bicyclic) bond motifs is 1. The molecule has 4 aliphatic heterocycles. The normalized spacial score (nSPS) is 19.9. The fourth-order valence-corrected chi connectivity index (χ4v) is 7.93. The van der Waals surface area contributed by atoms with Crippen molar-refractivity contribution in [2.45, 2.75) is 25.3 Å². The summed E-state index contributed by atoms with van der Waals surface area (Å²) in [5.74, 6) is -0.425. The number of hydrogen-bond acceptors (Lipinski definition) is 9. The third-order valence-corrected chi connectivity index (χ3v) is 11.2. The van der Waals surface area contributed by atoms with Crippen LogP contribution in [0.15, 0.2) is 47.3 Å². The van der Waals surface area contributed by atoms with Crippen molar-refractivity contribution in [1.82, 2.24) is 40.0 Å². The summed E-state index contributed by atoms with van der Waals surface area (Å²) in [4.78, 5) is 72.9. The molecular formula is C38H47FN8O6. The maximum Gasteiger partial charge on any atom is 0.272 e. The number of H-pyrrole nitrogens is 1. The van der Waals surface area contributed by atoms with Gasteiger partial charge in [-0.05, 0) is 55.6 Å². The van der Waals surface area contributed by atoms with E-state index in [1.54, 1.807) is 34.1 Å². The van der Waals surface area contributed by atoms with Crippen molar-refractivity contribution in [3.8, 4) is 0 Å². The highest BCUT2D eigenvalue weighted by atomic mass is 19.1. The van der Waals surface area contributed by atoms with Crippen LogP contribution in [-0.4, -0.2) is 157 Å². The minimum Gasteiger partial charge on any atom is -0.380 e. The summed E-state index contributed by atoms with van der Waals surface area (Å²) in [7, 11) is 0. The average Bonchev–Trinajstić information content (AvgIpc) is 3.16. The van der Waals surface area contributed by atoms with Crippen molar-refractivity contribution in [3.63, 3.8) is 0 Å². The quantitative estimate of drug-likeness (QED) is 0.270. The Hall–Kier alpha value is -4.73. The number of benzene rings is 2. The summed E-state index contributed by atoms with van der Waals surface area (Å²) in [5.41, 5.74) is 1.03. The number of likely N-dealkylation sites (tertiary alicyclic amines) is 1. The van der Waals surface area contributed by atoms with Crippen LogP contribution in [0.5, 0.6) is 0 Å². The van der Waals surface area contributed by atoms with E-state index in [0.29, 0.717) is 99.8 Å². The van der Waals surface area contributed by atoms with Crippen molar-refractivity contribution < 1.29 is 28.3 Å². The molecule has 2 N–H and O–H groups in total. The molecule has 3 aromatic rings. The van der Waals surface area contributed by atoms with Gasteiger partial charge in [0.25, 0.3) is 11.5 Å². The number of nitrogens with one attached hydrogen (secondary N) is 2. The Kier molecular flexibility index (Phi) is 11.4. The van der Waals surface area contributed by atoms with Gasteiger partial charge in [-0.25, -0.2) is 9.49 Å². The Balaban J connectivity index is 0.834. The number of ether oxygens (including phenoxy) is 1. The fourth-order valence-electron chi connectivity index (χ4n) is 7.93. The summed E-state index contributed by atoms with van der Waals surface area (Å²) in [6.07, 6.45) is 2.92. The minimum atomic E-state index is -0.603. The van der Waals surface area contributed by atoms with E-state index < -0.39 is 17.8 Å². The molecule has 282 valence electrons. The van der Waals surface area contributed by atoms with Gasteiger partial charge in [0, 0.05) is 76.6 Å². The molecule has 7 rings (SSSR count). The van der Waals surface area contributed by atoms with E-state index >= 15 is 0 Å². The van der Waals surface area contributed by atoms with Crippen LogP contribution >= 0.6 is 0 Å². The molecule has 53 heavy (non-hydrogen) atoms. The Labute approximate surface area is 307 Å². The van der Waals surface area contributed by atoms with Gasteiger partial charge in [-0.1, -0.05) is 24.3 Å². The summed E-state index contributed by atoms with van der Waals surface area (Å²) >= 11 is 0. The molecule has 0 bridgehead atoms. The predicted octanol–water partition coefficient (Wildman–Crippen LogP) is 0.555. The number of aromatic nitrogens is 2. The largest absolute Gasteiger partial charge is 0.380 e. The van der Waals surface area contributed by atoms with Gasteiger partial charge < -0.3 is 24.8 Å². The fraction of sp³-hybridized carbons (Fsp3) is 0.526. The van der Waals surface area contributed by atoms with Gasteiger partial charge in [-0.15, -0.1) is 0 Å². The van der Waals surface area contributed by atoms with Crippen LogP contribution in [0.4, 0.5) is 4.39 Å². The van der Waals surface area contributed by atoms with Gasteiger partial charge in [-0.2, -0.15) is 5.10 Å². The smallest absolute Gasteiger partial charge is 0.272 e. The number of carbonyl (C=O) groups is 4. The SMILES string of the molecule is O=CNC(C(=O)N1CCN(CC2CCN(CC(=O)N3CCN(C(=O)c4cc(Cc5n[nH]c(=O)c6ccccc56)ccc4F)CC3)CC2)CC1)C1COC1. The number of amides is 4. The standard InChI is InChI=1S/C38H47FN8O6/c39-32-6-5-27(20-33-29-3-1-2-4-30(29)36(50)42-41-33)19-31(32)37(51)46-17-15-45(16-18-46)34(49)22-43-9-7-26(8-10-43)21-44-11-13-47(14-12-44)38(52)35(40-25-48)28-23-53-24-28/h1-6,19,25-26,28,35H,7-18,20-24H2,(H,40,48)(H,42,50). The molecule has 1 aromatic heterocycles.